The minimum absolute atomic E-state index is 0. The van der Waals surface area contributed by atoms with E-state index >= 15 is 0 Å². The predicted molar refractivity (Wildman–Crippen MR) is 73.7 cm³/mol. The average Bonchev–Trinajstić information content (AvgIpc) is 2.45. The van der Waals surface area contributed by atoms with Gasteiger partial charge in [-0.3, -0.25) is 10.3 Å². The lowest BCUT2D eigenvalue weighted by atomic mass is 10.1. The fourth-order valence-electron chi connectivity index (χ4n) is 1.63. The molecular formula is C14H18N2O3. The van der Waals surface area contributed by atoms with E-state index in [1.54, 1.807) is 6.20 Å². The van der Waals surface area contributed by atoms with Crippen molar-refractivity contribution in [2.24, 2.45) is 0 Å². The normalized spacial score (nSPS) is 10.4. The van der Waals surface area contributed by atoms with Crippen LogP contribution in [0.1, 0.15) is 13.9 Å². The molecule has 5 heteroatoms. The summed E-state index contributed by atoms with van der Waals surface area (Å²) in [6.07, 6.45) is 1.26. The SMILES string of the molecule is CCOCNC(=O)OCc1ccc2ncccc2c1.[HH]. The van der Waals surface area contributed by atoms with Crippen molar-refractivity contribution >= 4 is 17.0 Å². The summed E-state index contributed by atoms with van der Waals surface area (Å²) in [5, 5.41) is 3.52. The molecule has 1 aromatic heterocycles. The maximum atomic E-state index is 11.3. The fourth-order valence-corrected chi connectivity index (χ4v) is 1.63. The Kier molecular flexibility index (Phi) is 4.69. The van der Waals surface area contributed by atoms with E-state index in [2.05, 4.69) is 10.3 Å². The molecule has 0 aliphatic heterocycles. The lowest BCUT2D eigenvalue weighted by Crippen LogP contribution is -2.26. The number of carbonyl (C=O) groups is 1. The van der Waals surface area contributed by atoms with Crippen LogP contribution in [0.4, 0.5) is 4.79 Å². The van der Waals surface area contributed by atoms with E-state index in [9.17, 15) is 4.79 Å². The van der Waals surface area contributed by atoms with Gasteiger partial charge in [0.25, 0.3) is 0 Å². The number of hydrogen-bond donors (Lipinski definition) is 1. The van der Waals surface area contributed by atoms with E-state index in [0.717, 1.165) is 16.5 Å². The number of ether oxygens (including phenoxy) is 2. The fraction of sp³-hybridized carbons (Fsp3) is 0.286. The van der Waals surface area contributed by atoms with Crippen LogP contribution in [0.3, 0.4) is 0 Å². The molecule has 0 fully saturated rings. The van der Waals surface area contributed by atoms with Crippen LogP contribution < -0.4 is 5.32 Å². The van der Waals surface area contributed by atoms with E-state index in [-0.39, 0.29) is 14.8 Å². The molecule has 1 aromatic carbocycles. The van der Waals surface area contributed by atoms with Gasteiger partial charge in [0.15, 0.2) is 0 Å². The minimum Gasteiger partial charge on any atom is -0.445 e. The van der Waals surface area contributed by atoms with Crippen LogP contribution in [0.15, 0.2) is 36.5 Å². The molecular weight excluding hydrogens is 244 g/mol. The van der Waals surface area contributed by atoms with Gasteiger partial charge in [-0.1, -0.05) is 12.1 Å². The Morgan fingerprint density at radius 2 is 2.32 bits per heavy atom. The summed E-state index contributed by atoms with van der Waals surface area (Å²) in [7, 11) is 0. The Balaban J connectivity index is 0.00000200. The van der Waals surface area contributed by atoms with Gasteiger partial charge in [0.1, 0.15) is 13.3 Å². The highest BCUT2D eigenvalue weighted by molar-refractivity contribution is 5.79. The van der Waals surface area contributed by atoms with E-state index in [0.29, 0.717) is 6.61 Å². The molecule has 0 atom stereocenters. The van der Waals surface area contributed by atoms with Gasteiger partial charge in [-0.2, -0.15) is 0 Å². The van der Waals surface area contributed by atoms with Crippen LogP contribution in [-0.4, -0.2) is 24.4 Å². The number of alkyl carbamates (subject to hydrolysis) is 1. The van der Waals surface area contributed by atoms with Crippen molar-refractivity contribution in [2.45, 2.75) is 13.5 Å². The molecule has 0 bridgehead atoms. The van der Waals surface area contributed by atoms with Gasteiger partial charge < -0.3 is 9.47 Å². The molecule has 0 unspecified atom stereocenters. The molecule has 2 aromatic rings. The van der Waals surface area contributed by atoms with E-state index < -0.39 is 6.09 Å². The van der Waals surface area contributed by atoms with Crippen LogP contribution in [0.25, 0.3) is 10.9 Å². The largest absolute Gasteiger partial charge is 0.445 e. The first kappa shape index (κ1) is 13.3. The van der Waals surface area contributed by atoms with Gasteiger partial charge in [0, 0.05) is 19.6 Å². The first-order valence-corrected chi connectivity index (χ1v) is 6.11. The van der Waals surface area contributed by atoms with Crippen LogP contribution in [0.5, 0.6) is 0 Å². The third-order valence-corrected chi connectivity index (χ3v) is 2.56. The summed E-state index contributed by atoms with van der Waals surface area (Å²) in [5.41, 5.74) is 1.85. The molecule has 0 aliphatic carbocycles. The summed E-state index contributed by atoms with van der Waals surface area (Å²) in [6, 6.07) is 9.61. The summed E-state index contributed by atoms with van der Waals surface area (Å²) < 4.78 is 10.1. The van der Waals surface area contributed by atoms with E-state index in [1.165, 1.54) is 0 Å². The van der Waals surface area contributed by atoms with E-state index in [4.69, 9.17) is 9.47 Å². The zero-order valence-electron chi connectivity index (χ0n) is 10.8. The van der Waals surface area contributed by atoms with Crippen molar-refractivity contribution in [3.8, 4) is 0 Å². The Labute approximate surface area is 113 Å². The number of fused-ring (bicyclic) bond motifs is 1. The summed E-state index contributed by atoms with van der Waals surface area (Å²) in [6.45, 7) is 2.80. The molecule has 2 rings (SSSR count). The molecule has 0 aliphatic rings. The molecule has 1 heterocycles. The molecule has 102 valence electrons. The Hall–Kier alpha value is -2.14. The number of pyridine rings is 1. The molecule has 19 heavy (non-hydrogen) atoms. The molecule has 1 amide bonds. The number of rotatable bonds is 5. The number of aromatic nitrogens is 1. The second-order valence-electron chi connectivity index (χ2n) is 3.92. The molecule has 0 saturated carbocycles. The Morgan fingerprint density at radius 1 is 1.42 bits per heavy atom. The van der Waals surface area contributed by atoms with Gasteiger partial charge in [-0.25, -0.2) is 4.79 Å². The standard InChI is InChI=1S/C14H16N2O3.H2/c1-2-18-10-16-14(17)19-9-11-5-6-13-12(8-11)4-3-7-15-13;/h3-8H,2,9-10H2,1H3,(H,16,17);1H. The second kappa shape index (κ2) is 6.70. The quantitative estimate of drug-likeness (QED) is 0.664. The van der Waals surface area contributed by atoms with Gasteiger partial charge in [-0.05, 0) is 30.7 Å². The Morgan fingerprint density at radius 3 is 3.16 bits per heavy atom. The zero-order chi connectivity index (χ0) is 13.5. The monoisotopic (exact) mass is 262 g/mol. The van der Waals surface area contributed by atoms with Crippen LogP contribution in [0.2, 0.25) is 0 Å². The summed E-state index contributed by atoms with van der Waals surface area (Å²) >= 11 is 0. The number of benzene rings is 1. The molecule has 1 N–H and O–H groups in total. The highest BCUT2D eigenvalue weighted by Gasteiger charge is 2.02. The predicted octanol–water partition coefficient (Wildman–Crippen LogP) is 2.70. The van der Waals surface area contributed by atoms with Gasteiger partial charge in [0.05, 0.1) is 5.52 Å². The molecule has 5 nitrogen and oxygen atoms in total. The first-order valence-electron chi connectivity index (χ1n) is 6.11. The zero-order valence-corrected chi connectivity index (χ0v) is 10.8. The molecule has 0 saturated heterocycles. The number of hydrogen-bond acceptors (Lipinski definition) is 4. The van der Waals surface area contributed by atoms with Crippen molar-refractivity contribution in [3.05, 3.63) is 42.1 Å². The topological polar surface area (TPSA) is 60.5 Å². The molecule has 0 spiro atoms. The summed E-state index contributed by atoms with van der Waals surface area (Å²) in [4.78, 5) is 15.6. The summed E-state index contributed by atoms with van der Waals surface area (Å²) in [5.74, 6) is 0. The van der Waals surface area contributed by atoms with Gasteiger partial charge in [0.2, 0.25) is 0 Å². The second-order valence-corrected chi connectivity index (χ2v) is 3.92. The van der Waals surface area contributed by atoms with Crippen molar-refractivity contribution in [3.63, 3.8) is 0 Å². The maximum absolute atomic E-state index is 11.3. The van der Waals surface area contributed by atoms with Crippen molar-refractivity contribution in [2.75, 3.05) is 13.3 Å². The number of carbonyl (C=O) groups excluding carboxylic acids is 1. The Bertz CT molecular complexity index is 563. The third kappa shape index (κ3) is 3.93. The van der Waals surface area contributed by atoms with Gasteiger partial charge >= 0.3 is 6.09 Å². The van der Waals surface area contributed by atoms with Crippen molar-refractivity contribution in [1.82, 2.24) is 10.3 Å². The third-order valence-electron chi connectivity index (χ3n) is 2.56. The highest BCUT2D eigenvalue weighted by atomic mass is 16.6. The van der Waals surface area contributed by atoms with E-state index in [1.807, 2.05) is 37.3 Å². The highest BCUT2D eigenvalue weighted by Crippen LogP contribution is 2.13. The maximum Gasteiger partial charge on any atom is 0.409 e. The minimum atomic E-state index is -0.486. The van der Waals surface area contributed by atoms with Crippen molar-refractivity contribution < 1.29 is 15.7 Å². The molecule has 0 radical (unpaired) electrons. The average molecular weight is 262 g/mol. The lowest BCUT2D eigenvalue weighted by molar-refractivity contribution is 0.0988. The van der Waals surface area contributed by atoms with Gasteiger partial charge in [-0.15, -0.1) is 0 Å². The smallest absolute Gasteiger partial charge is 0.409 e. The first-order chi connectivity index (χ1) is 9.29. The van der Waals surface area contributed by atoms with Crippen LogP contribution in [-0.2, 0) is 16.1 Å². The number of nitrogens with zero attached hydrogens (tertiary/aromatic N) is 1. The van der Waals surface area contributed by atoms with Crippen LogP contribution in [0, 0.1) is 0 Å². The number of amides is 1. The van der Waals surface area contributed by atoms with Crippen LogP contribution >= 0.6 is 0 Å². The van der Waals surface area contributed by atoms with Crippen molar-refractivity contribution in [1.29, 1.82) is 0 Å². The number of nitrogens with one attached hydrogen (secondary N) is 1. The lowest BCUT2D eigenvalue weighted by Gasteiger charge is -2.07.